The van der Waals surface area contributed by atoms with E-state index in [0.717, 1.165) is 18.4 Å². The van der Waals surface area contributed by atoms with Crippen LogP contribution in [0.5, 0.6) is 0 Å². The number of sulfonamides is 1. The number of rotatable bonds is 3. The van der Waals surface area contributed by atoms with Gasteiger partial charge >= 0.3 is 0 Å². The number of hydrogen-bond acceptors (Lipinski definition) is 4. The molecule has 0 N–H and O–H groups in total. The lowest BCUT2D eigenvalue weighted by atomic mass is 9.60. The largest absolute Gasteiger partial charge is 0.306 e. The summed E-state index contributed by atoms with van der Waals surface area (Å²) in [7, 11) is 0.999. The second-order valence-electron chi connectivity index (χ2n) is 6.82. The van der Waals surface area contributed by atoms with Gasteiger partial charge in [0.05, 0.1) is 0 Å². The zero-order chi connectivity index (χ0) is 15.3. The van der Waals surface area contributed by atoms with E-state index in [1.165, 1.54) is 24.2 Å². The highest BCUT2D eigenvalue weighted by Crippen LogP contribution is 2.51. The summed E-state index contributed by atoms with van der Waals surface area (Å²) < 4.78 is 27.6. The van der Waals surface area contributed by atoms with Gasteiger partial charge in [-0.3, -0.25) is 0 Å². The predicted octanol–water partition coefficient (Wildman–Crippen LogP) is 2.55. The molecule has 2 fully saturated rings. The SMILES string of the molecule is Cc1ccsc1S(=O)(=O)N1CCC2(CC1)CC(N(C)C)C2. The Bertz CT molecular complexity index is 605. The first kappa shape index (κ1) is 15.5. The molecule has 118 valence electrons. The lowest BCUT2D eigenvalue weighted by molar-refractivity contribution is -0.0131. The molecule has 0 aromatic carbocycles. The van der Waals surface area contributed by atoms with Crippen molar-refractivity contribution < 1.29 is 8.42 Å². The summed E-state index contributed by atoms with van der Waals surface area (Å²) in [6.45, 7) is 3.24. The Morgan fingerprint density at radius 2 is 1.90 bits per heavy atom. The summed E-state index contributed by atoms with van der Waals surface area (Å²) >= 11 is 1.34. The van der Waals surface area contributed by atoms with Gasteiger partial charge in [0.1, 0.15) is 4.21 Å². The van der Waals surface area contributed by atoms with Crippen LogP contribution in [-0.2, 0) is 10.0 Å². The molecule has 21 heavy (non-hydrogen) atoms. The Labute approximate surface area is 131 Å². The molecule has 1 aliphatic carbocycles. The van der Waals surface area contributed by atoms with Crippen molar-refractivity contribution in [3.8, 4) is 0 Å². The third-order valence-corrected chi connectivity index (χ3v) is 8.80. The van der Waals surface area contributed by atoms with Gasteiger partial charge in [0.25, 0.3) is 10.0 Å². The van der Waals surface area contributed by atoms with Crippen LogP contribution in [0.3, 0.4) is 0 Å². The number of hydrogen-bond donors (Lipinski definition) is 0. The third-order valence-electron chi connectivity index (χ3n) is 5.24. The van der Waals surface area contributed by atoms with E-state index in [-0.39, 0.29) is 0 Å². The molecule has 6 heteroatoms. The standard InChI is InChI=1S/C15H24N2O2S2/c1-12-4-9-20-14(12)21(18,19)17-7-5-15(6-8-17)10-13(11-15)16(2)3/h4,9,13H,5-8,10-11H2,1-3H3. The van der Waals surface area contributed by atoms with Crippen LogP contribution in [0, 0.1) is 12.3 Å². The molecule has 0 bridgehead atoms. The monoisotopic (exact) mass is 328 g/mol. The van der Waals surface area contributed by atoms with E-state index in [9.17, 15) is 8.42 Å². The highest BCUT2D eigenvalue weighted by Gasteiger charge is 2.48. The summed E-state index contributed by atoms with van der Waals surface area (Å²) in [5.74, 6) is 0. The molecule has 0 radical (unpaired) electrons. The highest BCUT2D eigenvalue weighted by molar-refractivity contribution is 7.91. The zero-order valence-corrected chi connectivity index (χ0v) is 14.6. The summed E-state index contributed by atoms with van der Waals surface area (Å²) in [4.78, 5) is 2.30. The number of aryl methyl sites for hydroxylation is 1. The van der Waals surface area contributed by atoms with E-state index in [2.05, 4.69) is 19.0 Å². The van der Waals surface area contributed by atoms with Crippen LogP contribution in [0.1, 0.15) is 31.2 Å². The van der Waals surface area contributed by atoms with E-state index in [1.54, 1.807) is 4.31 Å². The summed E-state index contributed by atoms with van der Waals surface area (Å²) in [5, 5.41) is 1.86. The quantitative estimate of drug-likeness (QED) is 0.856. The zero-order valence-electron chi connectivity index (χ0n) is 13.0. The van der Waals surface area contributed by atoms with Gasteiger partial charge in [-0.25, -0.2) is 8.42 Å². The normalized spacial score (nSPS) is 23.6. The van der Waals surface area contributed by atoms with Gasteiger partial charge in [-0.05, 0) is 69.1 Å². The summed E-state index contributed by atoms with van der Waals surface area (Å²) in [5.41, 5.74) is 1.28. The minimum Gasteiger partial charge on any atom is -0.306 e. The average Bonchev–Trinajstić information content (AvgIpc) is 2.83. The molecule has 3 rings (SSSR count). The van der Waals surface area contributed by atoms with Gasteiger partial charge in [0, 0.05) is 19.1 Å². The van der Waals surface area contributed by atoms with Crippen LogP contribution in [0.4, 0.5) is 0 Å². The minimum atomic E-state index is -3.27. The summed E-state index contributed by atoms with van der Waals surface area (Å²) in [6, 6.07) is 2.57. The van der Waals surface area contributed by atoms with E-state index in [1.807, 2.05) is 18.4 Å². The first-order valence-corrected chi connectivity index (χ1v) is 9.87. The Kier molecular flexibility index (Phi) is 3.93. The Hall–Kier alpha value is -0.430. The van der Waals surface area contributed by atoms with Gasteiger partial charge in [0.15, 0.2) is 0 Å². The minimum absolute atomic E-state index is 0.408. The highest BCUT2D eigenvalue weighted by atomic mass is 32.2. The molecule has 1 saturated heterocycles. The average molecular weight is 329 g/mol. The number of piperidine rings is 1. The van der Waals surface area contributed by atoms with E-state index in [4.69, 9.17) is 0 Å². The second-order valence-corrected chi connectivity index (χ2v) is 9.87. The van der Waals surface area contributed by atoms with E-state index < -0.39 is 10.0 Å². The maximum Gasteiger partial charge on any atom is 0.252 e. The first-order chi connectivity index (χ1) is 9.84. The molecular weight excluding hydrogens is 304 g/mol. The van der Waals surface area contributed by atoms with Crippen LogP contribution < -0.4 is 0 Å². The van der Waals surface area contributed by atoms with Gasteiger partial charge < -0.3 is 4.90 Å². The summed E-state index contributed by atoms with van der Waals surface area (Å²) in [6.07, 6.45) is 4.49. The number of thiophene rings is 1. The van der Waals surface area contributed by atoms with Gasteiger partial charge in [0.2, 0.25) is 0 Å². The molecular formula is C15H24N2O2S2. The van der Waals surface area contributed by atoms with Crippen molar-refractivity contribution in [3.63, 3.8) is 0 Å². The Morgan fingerprint density at radius 1 is 1.29 bits per heavy atom. The fraction of sp³-hybridized carbons (Fsp3) is 0.733. The van der Waals surface area contributed by atoms with Crippen molar-refractivity contribution in [3.05, 3.63) is 17.0 Å². The van der Waals surface area contributed by atoms with Crippen LogP contribution in [0.15, 0.2) is 15.7 Å². The molecule has 1 saturated carbocycles. The molecule has 2 aliphatic rings. The van der Waals surface area contributed by atoms with Crippen molar-refractivity contribution in [2.75, 3.05) is 27.2 Å². The predicted molar refractivity (Wildman–Crippen MR) is 86.2 cm³/mol. The Balaban J connectivity index is 1.66. The van der Waals surface area contributed by atoms with Crippen LogP contribution >= 0.6 is 11.3 Å². The maximum atomic E-state index is 12.7. The molecule has 0 unspecified atom stereocenters. The fourth-order valence-corrected chi connectivity index (χ4v) is 6.65. The van der Waals surface area contributed by atoms with Crippen molar-refractivity contribution in [1.82, 2.24) is 9.21 Å². The Morgan fingerprint density at radius 3 is 2.38 bits per heavy atom. The number of nitrogens with zero attached hydrogens (tertiary/aromatic N) is 2. The van der Waals surface area contributed by atoms with Crippen molar-refractivity contribution >= 4 is 21.4 Å². The van der Waals surface area contributed by atoms with E-state index in [0.29, 0.717) is 28.8 Å². The first-order valence-electron chi connectivity index (χ1n) is 7.55. The van der Waals surface area contributed by atoms with Crippen LogP contribution in [0.2, 0.25) is 0 Å². The van der Waals surface area contributed by atoms with Gasteiger partial charge in [-0.2, -0.15) is 4.31 Å². The van der Waals surface area contributed by atoms with Crippen molar-refractivity contribution in [2.45, 2.75) is 42.9 Å². The topological polar surface area (TPSA) is 40.6 Å². The molecule has 1 spiro atoms. The van der Waals surface area contributed by atoms with Gasteiger partial charge in [-0.15, -0.1) is 11.3 Å². The third kappa shape index (κ3) is 2.67. The van der Waals surface area contributed by atoms with E-state index >= 15 is 0 Å². The van der Waals surface area contributed by atoms with Crippen LogP contribution in [0.25, 0.3) is 0 Å². The maximum absolute atomic E-state index is 12.7. The molecule has 1 aliphatic heterocycles. The lowest BCUT2D eigenvalue weighted by Gasteiger charge is -2.53. The van der Waals surface area contributed by atoms with Crippen molar-refractivity contribution in [1.29, 1.82) is 0 Å². The van der Waals surface area contributed by atoms with Crippen molar-refractivity contribution in [2.24, 2.45) is 5.41 Å². The second kappa shape index (κ2) is 5.33. The molecule has 0 atom stereocenters. The molecule has 1 aromatic rings. The molecule has 1 aromatic heterocycles. The fourth-order valence-electron chi connectivity index (χ4n) is 3.65. The smallest absolute Gasteiger partial charge is 0.252 e. The molecule has 4 nitrogen and oxygen atoms in total. The van der Waals surface area contributed by atoms with Crippen LogP contribution in [-0.4, -0.2) is 50.8 Å². The lowest BCUT2D eigenvalue weighted by Crippen LogP contribution is -2.54. The molecule has 2 heterocycles. The molecule has 0 amide bonds. The van der Waals surface area contributed by atoms with Gasteiger partial charge in [-0.1, -0.05) is 0 Å².